The van der Waals surface area contributed by atoms with E-state index in [-0.39, 0.29) is 11.1 Å². The third-order valence-corrected chi connectivity index (χ3v) is 3.42. The molecule has 3 heteroatoms. The molecule has 0 spiro atoms. The Balaban J connectivity index is 2.59. The molecule has 0 aromatic heterocycles. The molecule has 0 atom stereocenters. The number of carbonyl (C=O) groups is 1. The van der Waals surface area contributed by atoms with Gasteiger partial charge in [0.25, 0.3) is 0 Å². The molecule has 0 heterocycles. The van der Waals surface area contributed by atoms with E-state index in [1.54, 1.807) is 24.3 Å². The van der Waals surface area contributed by atoms with E-state index < -0.39 is 5.60 Å². The molecule has 0 amide bonds. The summed E-state index contributed by atoms with van der Waals surface area (Å²) < 4.78 is 0. The first-order valence-corrected chi connectivity index (χ1v) is 6.74. The van der Waals surface area contributed by atoms with Crippen molar-refractivity contribution in [2.45, 2.75) is 5.60 Å². The summed E-state index contributed by atoms with van der Waals surface area (Å²) in [6, 6.07) is 18.0. The van der Waals surface area contributed by atoms with Crippen LogP contribution in [0.2, 0.25) is 0 Å². The number of rotatable bonds is 4. The van der Waals surface area contributed by atoms with Crippen molar-refractivity contribution in [1.29, 1.82) is 0 Å². The van der Waals surface area contributed by atoms with Crippen molar-refractivity contribution in [3.8, 4) is 0 Å². The fourth-order valence-electron chi connectivity index (χ4n) is 1.94. The van der Waals surface area contributed by atoms with Gasteiger partial charge in [-0.25, -0.2) is 0 Å². The smallest absolute Gasteiger partial charge is 0.184 e. The molecule has 0 bridgehead atoms. The average Bonchev–Trinajstić information content (AvgIpc) is 2.47. The van der Waals surface area contributed by atoms with Crippen LogP contribution in [0.5, 0.6) is 0 Å². The number of alkyl halides is 1. The fourth-order valence-corrected chi connectivity index (χ4v) is 2.35. The SMILES string of the molecule is O=C(CBr)C(O)(c1ccccc1)c1ccccc1. The van der Waals surface area contributed by atoms with Crippen molar-refractivity contribution in [3.05, 3.63) is 71.8 Å². The lowest BCUT2D eigenvalue weighted by Gasteiger charge is -2.27. The number of hydrogen-bond acceptors (Lipinski definition) is 2. The Kier molecular flexibility index (Phi) is 3.94. The molecular formula is C15H13BrO2. The van der Waals surface area contributed by atoms with E-state index in [4.69, 9.17) is 0 Å². The minimum Gasteiger partial charge on any atom is -0.373 e. The van der Waals surface area contributed by atoms with Crippen molar-refractivity contribution in [1.82, 2.24) is 0 Å². The minimum absolute atomic E-state index is 0.104. The van der Waals surface area contributed by atoms with E-state index in [0.717, 1.165) is 0 Å². The third kappa shape index (κ3) is 2.24. The quantitative estimate of drug-likeness (QED) is 0.882. The molecule has 0 aliphatic rings. The van der Waals surface area contributed by atoms with Gasteiger partial charge in [-0.05, 0) is 11.1 Å². The predicted molar refractivity (Wildman–Crippen MR) is 74.7 cm³/mol. The molecule has 0 aliphatic heterocycles. The second-order valence-electron chi connectivity index (χ2n) is 4.00. The van der Waals surface area contributed by atoms with E-state index in [0.29, 0.717) is 11.1 Å². The number of halogens is 1. The number of benzene rings is 2. The highest BCUT2D eigenvalue weighted by molar-refractivity contribution is 9.09. The van der Waals surface area contributed by atoms with E-state index >= 15 is 0 Å². The normalized spacial score (nSPS) is 11.2. The Morgan fingerprint density at radius 1 is 0.944 bits per heavy atom. The Hall–Kier alpha value is -1.45. The number of carbonyl (C=O) groups excluding carboxylic acids is 1. The molecule has 2 nitrogen and oxygen atoms in total. The maximum Gasteiger partial charge on any atom is 0.184 e. The lowest BCUT2D eigenvalue weighted by atomic mass is 9.83. The molecule has 0 radical (unpaired) electrons. The highest BCUT2D eigenvalue weighted by Crippen LogP contribution is 2.31. The summed E-state index contributed by atoms with van der Waals surface area (Å²) in [5.74, 6) is -0.278. The van der Waals surface area contributed by atoms with Crippen LogP contribution in [0.15, 0.2) is 60.7 Å². The highest BCUT2D eigenvalue weighted by atomic mass is 79.9. The lowest BCUT2D eigenvalue weighted by molar-refractivity contribution is -0.131. The summed E-state index contributed by atoms with van der Waals surface area (Å²) >= 11 is 3.14. The molecule has 2 aromatic rings. The Morgan fingerprint density at radius 2 is 1.33 bits per heavy atom. The Morgan fingerprint density at radius 3 is 1.67 bits per heavy atom. The third-order valence-electron chi connectivity index (χ3n) is 2.91. The number of Topliss-reactive ketones (excluding diaryl/α,β-unsaturated/α-hetero) is 1. The van der Waals surface area contributed by atoms with Crippen LogP contribution in [0.25, 0.3) is 0 Å². The van der Waals surface area contributed by atoms with E-state index in [1.807, 2.05) is 36.4 Å². The van der Waals surface area contributed by atoms with Gasteiger partial charge >= 0.3 is 0 Å². The van der Waals surface area contributed by atoms with Crippen LogP contribution < -0.4 is 0 Å². The molecule has 0 unspecified atom stereocenters. The second-order valence-corrected chi connectivity index (χ2v) is 4.56. The molecule has 0 aliphatic carbocycles. The largest absolute Gasteiger partial charge is 0.373 e. The summed E-state index contributed by atoms with van der Waals surface area (Å²) in [7, 11) is 0. The maximum absolute atomic E-state index is 12.1. The zero-order valence-corrected chi connectivity index (χ0v) is 11.3. The molecule has 0 saturated heterocycles. The van der Waals surface area contributed by atoms with Crippen LogP contribution in [-0.4, -0.2) is 16.2 Å². The topological polar surface area (TPSA) is 37.3 Å². The summed E-state index contributed by atoms with van der Waals surface area (Å²) in [5, 5.41) is 10.9. The van der Waals surface area contributed by atoms with Crippen LogP contribution in [0.4, 0.5) is 0 Å². The number of aliphatic hydroxyl groups is 1. The molecule has 1 N–H and O–H groups in total. The molecule has 18 heavy (non-hydrogen) atoms. The summed E-state index contributed by atoms with van der Waals surface area (Å²) in [6.45, 7) is 0. The van der Waals surface area contributed by atoms with E-state index in [2.05, 4.69) is 15.9 Å². The standard InChI is InChI=1S/C15H13BrO2/c16-11-14(17)15(18,12-7-3-1-4-8-12)13-9-5-2-6-10-13/h1-10,18H,11H2. The number of ketones is 1. The zero-order valence-electron chi connectivity index (χ0n) is 9.71. The van der Waals surface area contributed by atoms with Crippen molar-refractivity contribution < 1.29 is 9.90 Å². The van der Waals surface area contributed by atoms with Gasteiger partial charge in [-0.1, -0.05) is 76.6 Å². The van der Waals surface area contributed by atoms with Gasteiger partial charge in [0.1, 0.15) is 0 Å². The van der Waals surface area contributed by atoms with Gasteiger partial charge in [0.05, 0.1) is 5.33 Å². The molecule has 2 aromatic carbocycles. The first kappa shape index (κ1) is 13.0. The van der Waals surface area contributed by atoms with Gasteiger partial charge in [0.2, 0.25) is 0 Å². The van der Waals surface area contributed by atoms with Crippen LogP contribution in [0.1, 0.15) is 11.1 Å². The van der Waals surface area contributed by atoms with Crippen LogP contribution >= 0.6 is 15.9 Å². The van der Waals surface area contributed by atoms with Gasteiger partial charge in [-0.2, -0.15) is 0 Å². The van der Waals surface area contributed by atoms with Gasteiger partial charge in [0, 0.05) is 0 Å². The zero-order chi connectivity index (χ0) is 13.0. The van der Waals surface area contributed by atoms with Crippen molar-refractivity contribution in [2.75, 3.05) is 5.33 Å². The predicted octanol–water partition coefficient (Wildman–Crippen LogP) is 2.89. The van der Waals surface area contributed by atoms with Crippen molar-refractivity contribution >= 4 is 21.7 Å². The Bertz CT molecular complexity index is 483. The highest BCUT2D eigenvalue weighted by Gasteiger charge is 2.38. The van der Waals surface area contributed by atoms with Crippen molar-refractivity contribution in [3.63, 3.8) is 0 Å². The van der Waals surface area contributed by atoms with E-state index in [9.17, 15) is 9.90 Å². The Labute approximate surface area is 114 Å². The maximum atomic E-state index is 12.1. The molecular weight excluding hydrogens is 292 g/mol. The van der Waals surface area contributed by atoms with Crippen LogP contribution in [-0.2, 0) is 10.4 Å². The minimum atomic E-state index is -1.59. The van der Waals surface area contributed by atoms with Gasteiger partial charge in [-0.15, -0.1) is 0 Å². The lowest BCUT2D eigenvalue weighted by Crippen LogP contribution is -2.37. The molecule has 92 valence electrons. The second kappa shape index (κ2) is 5.46. The molecule has 2 rings (SSSR count). The average molecular weight is 305 g/mol. The summed E-state index contributed by atoms with van der Waals surface area (Å²) in [4.78, 5) is 12.1. The monoisotopic (exact) mass is 304 g/mol. The first-order chi connectivity index (χ1) is 8.69. The molecule has 0 fully saturated rings. The fraction of sp³-hybridized carbons (Fsp3) is 0.133. The number of hydrogen-bond donors (Lipinski definition) is 1. The first-order valence-electron chi connectivity index (χ1n) is 5.62. The van der Waals surface area contributed by atoms with Crippen LogP contribution in [0.3, 0.4) is 0 Å². The summed E-state index contributed by atoms with van der Waals surface area (Å²) in [6.07, 6.45) is 0. The van der Waals surface area contributed by atoms with Crippen LogP contribution in [0, 0.1) is 0 Å². The van der Waals surface area contributed by atoms with Gasteiger partial charge in [-0.3, -0.25) is 4.79 Å². The van der Waals surface area contributed by atoms with E-state index in [1.165, 1.54) is 0 Å². The summed E-state index contributed by atoms with van der Waals surface area (Å²) in [5.41, 5.74) is -0.423. The molecule has 0 saturated carbocycles. The van der Waals surface area contributed by atoms with Gasteiger partial charge < -0.3 is 5.11 Å². The van der Waals surface area contributed by atoms with Crippen molar-refractivity contribution in [2.24, 2.45) is 0 Å². The van der Waals surface area contributed by atoms with Gasteiger partial charge in [0.15, 0.2) is 11.4 Å².